The summed E-state index contributed by atoms with van der Waals surface area (Å²) in [4.78, 5) is 30.4. The first-order chi connectivity index (χ1) is 11.9. The molecule has 0 fully saturated rings. The van der Waals surface area contributed by atoms with E-state index in [0.29, 0.717) is 38.3 Å². The normalized spacial score (nSPS) is 11.4. The zero-order chi connectivity index (χ0) is 18.1. The Bertz CT molecular complexity index is 986. The first-order valence-electron chi connectivity index (χ1n) is 8.03. The predicted molar refractivity (Wildman–Crippen MR) is 101 cm³/mol. The van der Waals surface area contributed by atoms with Crippen molar-refractivity contribution in [2.24, 2.45) is 5.92 Å². The molecule has 0 aliphatic rings. The SMILES string of the molecule is CCn1cnc2sc(C(=O)Nc3nnc(CC(C)C)s3)c(C)c2c1=O. The number of amides is 1. The summed E-state index contributed by atoms with van der Waals surface area (Å²) in [7, 11) is 0. The van der Waals surface area contributed by atoms with Crippen molar-refractivity contribution in [1.29, 1.82) is 0 Å². The van der Waals surface area contributed by atoms with E-state index in [4.69, 9.17) is 0 Å². The second kappa shape index (κ2) is 7.01. The van der Waals surface area contributed by atoms with Crippen LogP contribution in [0, 0.1) is 12.8 Å². The molecular formula is C16H19N5O2S2. The van der Waals surface area contributed by atoms with Gasteiger partial charge in [-0.3, -0.25) is 19.5 Å². The van der Waals surface area contributed by atoms with E-state index in [2.05, 4.69) is 34.3 Å². The standard InChI is InChI=1S/C16H19N5O2S2/c1-5-21-7-17-14-11(15(21)23)9(4)12(25-14)13(22)18-16-20-19-10(24-16)6-8(2)3/h7-8H,5-6H2,1-4H3,(H,18,20,22). The van der Waals surface area contributed by atoms with E-state index in [-0.39, 0.29) is 11.5 Å². The van der Waals surface area contributed by atoms with E-state index in [9.17, 15) is 9.59 Å². The first kappa shape index (κ1) is 17.7. The number of carbonyl (C=O) groups excluding carboxylic acids is 1. The third kappa shape index (κ3) is 3.47. The average molecular weight is 377 g/mol. The number of rotatable bonds is 5. The zero-order valence-electron chi connectivity index (χ0n) is 14.5. The van der Waals surface area contributed by atoms with E-state index >= 15 is 0 Å². The van der Waals surface area contributed by atoms with Gasteiger partial charge in [0.15, 0.2) is 0 Å². The molecule has 0 aliphatic heterocycles. The maximum absolute atomic E-state index is 12.6. The molecule has 0 aromatic carbocycles. The summed E-state index contributed by atoms with van der Waals surface area (Å²) in [5.41, 5.74) is 0.542. The van der Waals surface area contributed by atoms with Crippen molar-refractivity contribution < 1.29 is 4.79 Å². The summed E-state index contributed by atoms with van der Waals surface area (Å²) in [6, 6.07) is 0. The number of nitrogens with one attached hydrogen (secondary N) is 1. The van der Waals surface area contributed by atoms with Gasteiger partial charge in [-0.1, -0.05) is 25.2 Å². The van der Waals surface area contributed by atoms with Crippen molar-refractivity contribution in [3.63, 3.8) is 0 Å². The van der Waals surface area contributed by atoms with Crippen LogP contribution in [0.15, 0.2) is 11.1 Å². The molecule has 0 radical (unpaired) electrons. The number of anilines is 1. The average Bonchev–Trinajstić information content (AvgIpc) is 3.12. The van der Waals surface area contributed by atoms with Gasteiger partial charge >= 0.3 is 0 Å². The Morgan fingerprint density at radius 2 is 2.08 bits per heavy atom. The van der Waals surface area contributed by atoms with Crippen LogP contribution in [0.5, 0.6) is 0 Å². The first-order valence-corrected chi connectivity index (χ1v) is 9.66. The van der Waals surface area contributed by atoms with Gasteiger partial charge in [0.1, 0.15) is 9.84 Å². The lowest BCUT2D eigenvalue weighted by molar-refractivity contribution is 0.103. The van der Waals surface area contributed by atoms with Crippen LogP contribution in [0.25, 0.3) is 10.2 Å². The minimum atomic E-state index is -0.282. The van der Waals surface area contributed by atoms with Crippen molar-refractivity contribution in [2.45, 2.75) is 40.7 Å². The Kier molecular flexibility index (Phi) is 4.96. The lowest BCUT2D eigenvalue weighted by Crippen LogP contribution is -2.19. The van der Waals surface area contributed by atoms with E-state index < -0.39 is 0 Å². The highest BCUT2D eigenvalue weighted by molar-refractivity contribution is 7.21. The molecule has 1 amide bonds. The largest absolute Gasteiger partial charge is 0.299 e. The summed E-state index contributed by atoms with van der Waals surface area (Å²) >= 11 is 2.60. The minimum absolute atomic E-state index is 0.115. The van der Waals surface area contributed by atoms with Crippen molar-refractivity contribution in [3.05, 3.63) is 32.1 Å². The molecule has 0 aliphatic carbocycles. The molecule has 25 heavy (non-hydrogen) atoms. The van der Waals surface area contributed by atoms with Gasteiger partial charge in [0, 0.05) is 13.0 Å². The van der Waals surface area contributed by atoms with Crippen molar-refractivity contribution >= 4 is 43.9 Å². The third-order valence-corrected chi connectivity index (χ3v) is 5.79. The highest BCUT2D eigenvalue weighted by Gasteiger charge is 2.20. The summed E-state index contributed by atoms with van der Waals surface area (Å²) < 4.78 is 1.53. The molecule has 0 atom stereocenters. The van der Waals surface area contributed by atoms with Crippen LogP contribution in [-0.4, -0.2) is 25.7 Å². The number of aryl methyl sites for hydroxylation is 2. The molecule has 3 heterocycles. The minimum Gasteiger partial charge on any atom is -0.299 e. The molecule has 0 saturated carbocycles. The Hall–Kier alpha value is -2.13. The zero-order valence-corrected chi connectivity index (χ0v) is 16.1. The van der Waals surface area contributed by atoms with Crippen LogP contribution in [-0.2, 0) is 13.0 Å². The summed E-state index contributed by atoms with van der Waals surface area (Å²) in [6.07, 6.45) is 2.35. The maximum atomic E-state index is 12.6. The van der Waals surface area contributed by atoms with Crippen molar-refractivity contribution in [1.82, 2.24) is 19.7 Å². The third-order valence-electron chi connectivity index (χ3n) is 3.73. The molecule has 3 rings (SSSR count). The highest BCUT2D eigenvalue weighted by atomic mass is 32.1. The molecule has 3 aromatic heterocycles. The predicted octanol–water partition coefficient (Wildman–Crippen LogP) is 3.09. The maximum Gasteiger partial charge on any atom is 0.267 e. The molecule has 3 aromatic rings. The number of fused-ring (bicyclic) bond motifs is 1. The summed E-state index contributed by atoms with van der Waals surface area (Å²) in [5, 5.41) is 12.8. The van der Waals surface area contributed by atoms with Crippen LogP contribution in [0.2, 0.25) is 0 Å². The van der Waals surface area contributed by atoms with Gasteiger partial charge in [-0.15, -0.1) is 21.5 Å². The highest BCUT2D eigenvalue weighted by Crippen LogP contribution is 2.28. The quantitative estimate of drug-likeness (QED) is 0.738. The van der Waals surface area contributed by atoms with Gasteiger partial charge in [0.2, 0.25) is 5.13 Å². The molecule has 0 bridgehead atoms. The van der Waals surface area contributed by atoms with Crippen LogP contribution in [0.1, 0.15) is 41.0 Å². The lowest BCUT2D eigenvalue weighted by Gasteiger charge is -2.01. The number of hydrogen-bond donors (Lipinski definition) is 1. The van der Waals surface area contributed by atoms with Gasteiger partial charge in [-0.2, -0.15) is 0 Å². The molecule has 132 valence electrons. The molecule has 7 nitrogen and oxygen atoms in total. The number of carbonyl (C=O) groups is 1. The monoisotopic (exact) mass is 377 g/mol. The van der Waals surface area contributed by atoms with Gasteiger partial charge in [-0.05, 0) is 25.3 Å². The van der Waals surface area contributed by atoms with Crippen LogP contribution in [0.4, 0.5) is 5.13 Å². The van der Waals surface area contributed by atoms with Gasteiger partial charge < -0.3 is 0 Å². The van der Waals surface area contributed by atoms with Crippen molar-refractivity contribution in [2.75, 3.05) is 5.32 Å². The van der Waals surface area contributed by atoms with Gasteiger partial charge in [0.05, 0.1) is 16.6 Å². The van der Waals surface area contributed by atoms with E-state index in [1.807, 2.05) is 6.92 Å². The second-order valence-electron chi connectivity index (χ2n) is 6.13. The smallest absolute Gasteiger partial charge is 0.267 e. The number of thiophene rings is 1. The van der Waals surface area contributed by atoms with Gasteiger partial charge in [0.25, 0.3) is 11.5 Å². The van der Waals surface area contributed by atoms with Crippen LogP contribution >= 0.6 is 22.7 Å². The molecular weight excluding hydrogens is 358 g/mol. The fourth-order valence-electron chi connectivity index (χ4n) is 2.49. The number of hydrogen-bond acceptors (Lipinski definition) is 7. The fourth-order valence-corrected chi connectivity index (χ4v) is 4.47. The van der Waals surface area contributed by atoms with Crippen LogP contribution in [0.3, 0.4) is 0 Å². The second-order valence-corrected chi connectivity index (χ2v) is 8.19. The Morgan fingerprint density at radius 3 is 2.76 bits per heavy atom. The van der Waals surface area contributed by atoms with Gasteiger partial charge in [-0.25, -0.2) is 4.98 Å². The lowest BCUT2D eigenvalue weighted by atomic mass is 10.1. The molecule has 0 unspecified atom stereocenters. The molecule has 0 saturated heterocycles. The Balaban J connectivity index is 1.90. The number of nitrogens with zero attached hydrogens (tertiary/aromatic N) is 4. The summed E-state index contributed by atoms with van der Waals surface area (Å²) in [6.45, 7) is 8.42. The summed E-state index contributed by atoms with van der Waals surface area (Å²) in [5.74, 6) is 0.198. The van der Waals surface area contributed by atoms with Crippen LogP contribution < -0.4 is 10.9 Å². The Labute approximate surface area is 152 Å². The van der Waals surface area contributed by atoms with E-state index in [1.165, 1.54) is 33.6 Å². The molecule has 9 heteroatoms. The van der Waals surface area contributed by atoms with Crippen molar-refractivity contribution in [3.8, 4) is 0 Å². The van der Waals surface area contributed by atoms with E-state index in [1.54, 1.807) is 6.92 Å². The topological polar surface area (TPSA) is 89.8 Å². The molecule has 0 spiro atoms. The number of aromatic nitrogens is 4. The Morgan fingerprint density at radius 1 is 1.32 bits per heavy atom. The molecule has 1 N–H and O–H groups in total. The fraction of sp³-hybridized carbons (Fsp3) is 0.438. The van der Waals surface area contributed by atoms with E-state index in [0.717, 1.165) is 11.4 Å².